The monoisotopic (exact) mass is 302 g/mol. The van der Waals surface area contributed by atoms with Crippen LogP contribution in [-0.2, 0) is 16.0 Å². The number of methoxy groups -OCH3 is 1. The summed E-state index contributed by atoms with van der Waals surface area (Å²) < 4.78 is 4.72. The minimum Gasteiger partial charge on any atom is -0.466 e. The molecule has 114 valence electrons. The third-order valence-corrected chi connectivity index (χ3v) is 3.89. The van der Waals surface area contributed by atoms with Crippen LogP contribution in [0.15, 0.2) is 72.8 Å². The first-order valence-electron chi connectivity index (χ1n) is 7.58. The average molecular weight is 302 g/mol. The number of esters is 1. The maximum absolute atomic E-state index is 11.5. The lowest BCUT2D eigenvalue weighted by molar-refractivity contribution is -0.134. The van der Waals surface area contributed by atoms with Gasteiger partial charge in [0, 0.05) is 6.08 Å². The Kier molecular flexibility index (Phi) is 4.53. The highest BCUT2D eigenvalue weighted by molar-refractivity contribution is 5.96. The molecule has 0 fully saturated rings. The van der Waals surface area contributed by atoms with Crippen LogP contribution in [0.3, 0.4) is 0 Å². The predicted octanol–water partition coefficient (Wildman–Crippen LogP) is 4.62. The van der Waals surface area contributed by atoms with E-state index in [1.54, 1.807) is 0 Å². The molecule has 0 spiro atoms. The summed E-state index contributed by atoms with van der Waals surface area (Å²) >= 11 is 0. The summed E-state index contributed by atoms with van der Waals surface area (Å²) in [7, 11) is 1.39. The topological polar surface area (TPSA) is 26.3 Å². The number of hydrogen-bond donors (Lipinski definition) is 0. The van der Waals surface area contributed by atoms with Gasteiger partial charge in [0.15, 0.2) is 0 Å². The molecule has 0 aliphatic heterocycles. The molecule has 0 unspecified atom stereocenters. The van der Waals surface area contributed by atoms with E-state index < -0.39 is 0 Å². The summed E-state index contributed by atoms with van der Waals surface area (Å²) in [5, 5.41) is 2.30. The summed E-state index contributed by atoms with van der Waals surface area (Å²) in [5.41, 5.74) is 3.50. The van der Waals surface area contributed by atoms with E-state index in [2.05, 4.69) is 36.4 Å². The number of rotatable bonds is 4. The van der Waals surface area contributed by atoms with Gasteiger partial charge in [0.1, 0.15) is 0 Å². The third kappa shape index (κ3) is 3.49. The lowest BCUT2D eigenvalue weighted by Gasteiger charge is -2.10. The van der Waals surface area contributed by atoms with E-state index in [1.165, 1.54) is 24.3 Å². The summed E-state index contributed by atoms with van der Waals surface area (Å²) in [6, 6.07) is 22.8. The summed E-state index contributed by atoms with van der Waals surface area (Å²) in [6.07, 6.45) is 4.16. The van der Waals surface area contributed by atoms with Gasteiger partial charge in [-0.1, -0.05) is 66.7 Å². The van der Waals surface area contributed by atoms with E-state index in [0.717, 1.165) is 22.8 Å². The Hall–Kier alpha value is -2.87. The molecule has 0 aliphatic rings. The van der Waals surface area contributed by atoms with Crippen molar-refractivity contribution in [2.45, 2.75) is 6.42 Å². The Morgan fingerprint density at radius 1 is 0.957 bits per heavy atom. The Morgan fingerprint density at radius 3 is 2.48 bits per heavy atom. The maximum atomic E-state index is 11.5. The summed E-state index contributed by atoms with van der Waals surface area (Å²) in [6.45, 7) is 0. The van der Waals surface area contributed by atoms with E-state index in [9.17, 15) is 4.79 Å². The molecule has 3 rings (SSSR count). The fourth-order valence-corrected chi connectivity index (χ4v) is 2.73. The van der Waals surface area contributed by atoms with Crippen LogP contribution in [0.25, 0.3) is 16.8 Å². The van der Waals surface area contributed by atoms with E-state index in [0.29, 0.717) is 0 Å². The van der Waals surface area contributed by atoms with Gasteiger partial charge in [-0.2, -0.15) is 0 Å². The molecule has 3 aromatic carbocycles. The summed E-state index contributed by atoms with van der Waals surface area (Å²) in [5.74, 6) is -0.344. The molecule has 0 amide bonds. The SMILES string of the molecule is COC(=O)C=Cc1c(Cc2ccccc2)ccc2ccccc12. The number of ether oxygens (including phenoxy) is 1. The van der Waals surface area contributed by atoms with Crippen LogP contribution < -0.4 is 0 Å². The number of carbonyl (C=O) groups excluding carboxylic acids is 1. The van der Waals surface area contributed by atoms with Gasteiger partial charge in [0.2, 0.25) is 0 Å². The van der Waals surface area contributed by atoms with Crippen molar-refractivity contribution in [2.75, 3.05) is 7.11 Å². The van der Waals surface area contributed by atoms with Crippen molar-refractivity contribution >= 4 is 22.8 Å². The van der Waals surface area contributed by atoms with Crippen molar-refractivity contribution in [3.05, 3.63) is 89.5 Å². The molecule has 3 aromatic rings. The molecular formula is C21H18O2. The van der Waals surface area contributed by atoms with Crippen LogP contribution >= 0.6 is 0 Å². The molecule has 0 saturated heterocycles. The van der Waals surface area contributed by atoms with E-state index in [4.69, 9.17) is 4.74 Å². The van der Waals surface area contributed by atoms with Crippen LogP contribution in [0.4, 0.5) is 0 Å². The normalized spacial score (nSPS) is 11.0. The molecule has 23 heavy (non-hydrogen) atoms. The number of fused-ring (bicyclic) bond motifs is 1. The fraction of sp³-hybridized carbons (Fsp3) is 0.0952. The van der Waals surface area contributed by atoms with Gasteiger partial charge in [-0.15, -0.1) is 0 Å². The van der Waals surface area contributed by atoms with Gasteiger partial charge in [0.05, 0.1) is 7.11 Å². The first-order valence-corrected chi connectivity index (χ1v) is 7.58. The van der Waals surface area contributed by atoms with Gasteiger partial charge in [0.25, 0.3) is 0 Å². The van der Waals surface area contributed by atoms with Crippen molar-refractivity contribution in [1.82, 2.24) is 0 Å². The zero-order chi connectivity index (χ0) is 16.1. The van der Waals surface area contributed by atoms with E-state index in [-0.39, 0.29) is 5.97 Å². The zero-order valence-electron chi connectivity index (χ0n) is 13.0. The first kappa shape index (κ1) is 15.0. The molecular weight excluding hydrogens is 284 g/mol. The van der Waals surface area contributed by atoms with Crippen molar-refractivity contribution in [3.63, 3.8) is 0 Å². The second-order valence-corrected chi connectivity index (χ2v) is 5.38. The smallest absolute Gasteiger partial charge is 0.330 e. The molecule has 2 nitrogen and oxygen atoms in total. The molecule has 0 heterocycles. The quantitative estimate of drug-likeness (QED) is 0.519. The Balaban J connectivity index is 2.09. The fourth-order valence-electron chi connectivity index (χ4n) is 2.73. The Morgan fingerprint density at radius 2 is 1.70 bits per heavy atom. The summed E-state index contributed by atoms with van der Waals surface area (Å²) in [4.78, 5) is 11.5. The lowest BCUT2D eigenvalue weighted by atomic mass is 9.94. The molecule has 0 atom stereocenters. The molecule has 0 bridgehead atoms. The highest BCUT2D eigenvalue weighted by Crippen LogP contribution is 2.26. The van der Waals surface area contributed by atoms with Crippen LogP contribution in [0.2, 0.25) is 0 Å². The zero-order valence-corrected chi connectivity index (χ0v) is 13.0. The second kappa shape index (κ2) is 6.93. The average Bonchev–Trinajstić information content (AvgIpc) is 2.61. The Labute approximate surface area is 136 Å². The van der Waals surface area contributed by atoms with Crippen LogP contribution in [0, 0.1) is 0 Å². The molecule has 0 saturated carbocycles. The highest BCUT2D eigenvalue weighted by atomic mass is 16.5. The number of carbonyl (C=O) groups is 1. The third-order valence-electron chi connectivity index (χ3n) is 3.89. The minimum absolute atomic E-state index is 0.344. The van der Waals surface area contributed by atoms with Crippen molar-refractivity contribution < 1.29 is 9.53 Å². The highest BCUT2D eigenvalue weighted by Gasteiger charge is 2.07. The van der Waals surface area contributed by atoms with Crippen molar-refractivity contribution in [1.29, 1.82) is 0 Å². The molecule has 0 aliphatic carbocycles. The van der Waals surface area contributed by atoms with Crippen LogP contribution in [-0.4, -0.2) is 13.1 Å². The van der Waals surface area contributed by atoms with Crippen molar-refractivity contribution in [3.8, 4) is 0 Å². The maximum Gasteiger partial charge on any atom is 0.330 e. The van der Waals surface area contributed by atoms with Crippen LogP contribution in [0.5, 0.6) is 0 Å². The molecule has 0 aromatic heterocycles. The molecule has 0 N–H and O–H groups in total. The number of benzene rings is 3. The minimum atomic E-state index is -0.344. The lowest BCUT2D eigenvalue weighted by Crippen LogP contribution is -1.96. The molecule has 0 radical (unpaired) electrons. The first-order chi connectivity index (χ1) is 11.3. The van der Waals surface area contributed by atoms with E-state index in [1.807, 2.05) is 36.4 Å². The Bertz CT molecular complexity index is 848. The predicted molar refractivity (Wildman–Crippen MR) is 94.2 cm³/mol. The van der Waals surface area contributed by atoms with Gasteiger partial charge in [-0.3, -0.25) is 0 Å². The van der Waals surface area contributed by atoms with Gasteiger partial charge in [-0.05, 0) is 40.0 Å². The molecule has 2 heteroatoms. The van der Waals surface area contributed by atoms with Gasteiger partial charge < -0.3 is 4.74 Å². The largest absolute Gasteiger partial charge is 0.466 e. The van der Waals surface area contributed by atoms with Crippen LogP contribution in [0.1, 0.15) is 16.7 Å². The van der Waals surface area contributed by atoms with E-state index >= 15 is 0 Å². The van der Waals surface area contributed by atoms with Gasteiger partial charge >= 0.3 is 5.97 Å². The van der Waals surface area contributed by atoms with Gasteiger partial charge in [-0.25, -0.2) is 4.79 Å². The van der Waals surface area contributed by atoms with Crippen molar-refractivity contribution in [2.24, 2.45) is 0 Å². The standard InChI is InChI=1S/C21H18O2/c1-23-21(22)14-13-20-18(15-16-7-3-2-4-8-16)12-11-17-9-5-6-10-19(17)20/h2-14H,15H2,1H3. The number of hydrogen-bond acceptors (Lipinski definition) is 2. The second-order valence-electron chi connectivity index (χ2n) is 5.38.